The summed E-state index contributed by atoms with van der Waals surface area (Å²) in [5.74, 6) is 3.82. The smallest absolute Gasteiger partial charge is 0.147 e. The summed E-state index contributed by atoms with van der Waals surface area (Å²) < 4.78 is 14.2. The number of aromatic nitrogens is 3. The molecule has 7 heteroatoms. The van der Waals surface area contributed by atoms with Crippen LogP contribution in [0.1, 0.15) is 48.8 Å². The molecule has 1 aromatic carbocycles. The Bertz CT molecular complexity index is 811. The molecule has 0 saturated carbocycles. The Balaban J connectivity index is 1.23. The molecule has 1 atom stereocenters. The predicted octanol–water partition coefficient (Wildman–Crippen LogP) is 2.32. The molecule has 0 amide bonds. The molecule has 29 heavy (non-hydrogen) atoms. The molecule has 0 aliphatic carbocycles. The van der Waals surface area contributed by atoms with Gasteiger partial charge in [0.1, 0.15) is 24.0 Å². The summed E-state index contributed by atoms with van der Waals surface area (Å²) in [5.41, 5.74) is 1.23. The number of piperidine rings is 1. The summed E-state index contributed by atoms with van der Waals surface area (Å²) in [7, 11) is 0. The number of rotatable bonds is 6. The second-order valence-corrected chi connectivity index (χ2v) is 8.41. The Morgan fingerprint density at radius 2 is 2.00 bits per heavy atom. The highest BCUT2D eigenvalue weighted by Crippen LogP contribution is 2.27. The minimum atomic E-state index is 0.241. The molecular weight excluding hydrogens is 366 g/mol. The molecule has 4 heterocycles. The lowest BCUT2D eigenvalue weighted by Gasteiger charge is -2.30. The highest BCUT2D eigenvalue weighted by Gasteiger charge is 2.27. The molecule has 2 fully saturated rings. The van der Waals surface area contributed by atoms with Crippen molar-refractivity contribution in [3.63, 3.8) is 0 Å². The summed E-state index contributed by atoms with van der Waals surface area (Å²) in [4.78, 5) is 2.45. The van der Waals surface area contributed by atoms with E-state index in [-0.39, 0.29) is 6.10 Å². The first kappa shape index (κ1) is 19.0. The van der Waals surface area contributed by atoms with Gasteiger partial charge in [-0.15, -0.1) is 10.2 Å². The van der Waals surface area contributed by atoms with E-state index in [2.05, 4.69) is 43.2 Å². The van der Waals surface area contributed by atoms with Crippen LogP contribution in [-0.2, 0) is 24.4 Å². The fourth-order valence-corrected chi connectivity index (χ4v) is 4.72. The average Bonchev–Trinajstić information content (AvgIpc) is 3.43. The molecule has 1 aromatic heterocycles. The molecule has 1 N–H and O–H groups in total. The lowest BCUT2D eigenvalue weighted by molar-refractivity contribution is 0.0671. The Labute approximate surface area is 172 Å². The van der Waals surface area contributed by atoms with E-state index in [4.69, 9.17) is 9.47 Å². The molecular formula is C22H31N5O2. The van der Waals surface area contributed by atoms with Gasteiger partial charge in [-0.25, -0.2) is 0 Å². The number of fused-ring (bicyclic) bond motifs is 1. The summed E-state index contributed by atoms with van der Waals surface area (Å²) >= 11 is 0. The van der Waals surface area contributed by atoms with Crippen molar-refractivity contribution in [3.8, 4) is 5.75 Å². The molecule has 3 aliphatic rings. The SMILES string of the molecule is c1ccc(OC[C@@H]2CCCO2)c(CN2CCn3c(nnc3C3CCNCC3)C2)c1. The summed E-state index contributed by atoms with van der Waals surface area (Å²) in [6, 6.07) is 8.39. The van der Waals surface area contributed by atoms with Crippen LogP contribution in [0.15, 0.2) is 24.3 Å². The van der Waals surface area contributed by atoms with Gasteiger partial charge in [0, 0.05) is 37.7 Å². The van der Waals surface area contributed by atoms with Crippen LogP contribution < -0.4 is 10.1 Å². The highest BCUT2D eigenvalue weighted by atomic mass is 16.5. The average molecular weight is 398 g/mol. The van der Waals surface area contributed by atoms with Crippen LogP contribution in [0, 0.1) is 0 Å². The minimum Gasteiger partial charge on any atom is -0.491 e. The van der Waals surface area contributed by atoms with E-state index in [1.54, 1.807) is 0 Å². The fraction of sp³-hybridized carbons (Fsp3) is 0.636. The third-order valence-corrected chi connectivity index (χ3v) is 6.38. The molecule has 0 bridgehead atoms. The van der Waals surface area contributed by atoms with E-state index in [1.807, 2.05) is 6.07 Å². The standard InChI is InChI=1S/C22H31N5O2/c1-2-6-20(29-16-19-5-3-13-28-19)18(4-1)14-26-11-12-27-21(15-26)24-25-22(27)17-7-9-23-10-8-17/h1-2,4,6,17,19,23H,3,5,7-16H2/t19-/m0/s1. The molecule has 2 aromatic rings. The first-order valence-corrected chi connectivity index (χ1v) is 11.0. The number of hydrogen-bond acceptors (Lipinski definition) is 6. The Kier molecular flexibility index (Phi) is 5.78. The van der Waals surface area contributed by atoms with Gasteiger partial charge in [-0.05, 0) is 44.8 Å². The van der Waals surface area contributed by atoms with E-state index < -0.39 is 0 Å². The molecule has 5 rings (SSSR count). The predicted molar refractivity (Wildman–Crippen MR) is 110 cm³/mol. The number of ether oxygens (including phenoxy) is 2. The van der Waals surface area contributed by atoms with Crippen LogP contribution in [0.2, 0.25) is 0 Å². The van der Waals surface area contributed by atoms with Crippen LogP contribution in [0.5, 0.6) is 5.75 Å². The van der Waals surface area contributed by atoms with Gasteiger partial charge >= 0.3 is 0 Å². The van der Waals surface area contributed by atoms with Gasteiger partial charge in [0.25, 0.3) is 0 Å². The van der Waals surface area contributed by atoms with Crippen molar-refractivity contribution in [2.45, 2.75) is 57.3 Å². The Morgan fingerprint density at radius 3 is 2.86 bits per heavy atom. The van der Waals surface area contributed by atoms with Crippen molar-refractivity contribution < 1.29 is 9.47 Å². The first-order valence-electron chi connectivity index (χ1n) is 11.0. The van der Waals surface area contributed by atoms with Gasteiger partial charge < -0.3 is 19.4 Å². The van der Waals surface area contributed by atoms with Gasteiger partial charge in [0.2, 0.25) is 0 Å². The van der Waals surface area contributed by atoms with Gasteiger partial charge in [-0.1, -0.05) is 18.2 Å². The van der Waals surface area contributed by atoms with Crippen molar-refractivity contribution in [1.29, 1.82) is 0 Å². The van der Waals surface area contributed by atoms with Gasteiger partial charge in [-0.3, -0.25) is 4.90 Å². The number of benzene rings is 1. The zero-order chi connectivity index (χ0) is 19.5. The van der Waals surface area contributed by atoms with E-state index >= 15 is 0 Å². The topological polar surface area (TPSA) is 64.4 Å². The van der Waals surface area contributed by atoms with Crippen LogP contribution in [0.3, 0.4) is 0 Å². The fourth-order valence-electron chi connectivity index (χ4n) is 4.72. The summed E-state index contributed by atoms with van der Waals surface area (Å²) in [6.45, 7) is 7.39. The molecule has 2 saturated heterocycles. The number of nitrogens with zero attached hydrogens (tertiary/aromatic N) is 4. The normalized spacial score (nSPS) is 23.2. The van der Waals surface area contributed by atoms with Crippen molar-refractivity contribution in [2.24, 2.45) is 0 Å². The second kappa shape index (κ2) is 8.81. The van der Waals surface area contributed by atoms with Gasteiger partial charge in [0.05, 0.1) is 12.6 Å². The summed E-state index contributed by atoms with van der Waals surface area (Å²) in [5, 5.41) is 12.6. The molecule has 0 unspecified atom stereocenters. The van der Waals surface area contributed by atoms with Crippen LogP contribution in [0.4, 0.5) is 0 Å². The maximum atomic E-state index is 6.12. The van der Waals surface area contributed by atoms with E-state index in [1.165, 1.54) is 11.4 Å². The second-order valence-electron chi connectivity index (χ2n) is 8.41. The monoisotopic (exact) mass is 397 g/mol. The van der Waals surface area contributed by atoms with Crippen LogP contribution >= 0.6 is 0 Å². The summed E-state index contributed by atoms with van der Waals surface area (Å²) in [6.07, 6.45) is 4.81. The molecule has 3 aliphatic heterocycles. The Morgan fingerprint density at radius 1 is 1.10 bits per heavy atom. The lowest BCUT2D eigenvalue weighted by Crippen LogP contribution is -2.35. The highest BCUT2D eigenvalue weighted by molar-refractivity contribution is 5.33. The zero-order valence-corrected chi connectivity index (χ0v) is 17.1. The lowest BCUT2D eigenvalue weighted by atomic mass is 9.97. The van der Waals surface area contributed by atoms with E-state index in [9.17, 15) is 0 Å². The largest absolute Gasteiger partial charge is 0.491 e. The van der Waals surface area contributed by atoms with Crippen molar-refractivity contribution in [1.82, 2.24) is 25.0 Å². The Hall–Kier alpha value is -1.96. The zero-order valence-electron chi connectivity index (χ0n) is 17.1. The van der Waals surface area contributed by atoms with Gasteiger partial charge in [0.15, 0.2) is 0 Å². The maximum Gasteiger partial charge on any atom is 0.147 e. The molecule has 0 radical (unpaired) electrons. The molecule has 0 spiro atoms. The van der Waals surface area contributed by atoms with Crippen LogP contribution in [-0.4, -0.2) is 58.6 Å². The number of para-hydroxylation sites is 1. The molecule has 7 nitrogen and oxygen atoms in total. The van der Waals surface area contributed by atoms with Crippen molar-refractivity contribution in [3.05, 3.63) is 41.5 Å². The van der Waals surface area contributed by atoms with E-state index in [0.717, 1.165) is 83.1 Å². The van der Waals surface area contributed by atoms with Crippen molar-refractivity contribution in [2.75, 3.05) is 32.8 Å². The maximum absolute atomic E-state index is 6.12. The number of hydrogen-bond donors (Lipinski definition) is 1. The number of nitrogens with one attached hydrogen (secondary N) is 1. The van der Waals surface area contributed by atoms with Crippen LogP contribution in [0.25, 0.3) is 0 Å². The van der Waals surface area contributed by atoms with Gasteiger partial charge in [-0.2, -0.15) is 0 Å². The third-order valence-electron chi connectivity index (χ3n) is 6.38. The minimum absolute atomic E-state index is 0.241. The third kappa shape index (κ3) is 4.32. The quantitative estimate of drug-likeness (QED) is 0.807. The first-order chi connectivity index (χ1) is 14.4. The van der Waals surface area contributed by atoms with Crippen molar-refractivity contribution >= 4 is 0 Å². The molecule has 156 valence electrons. The van der Waals surface area contributed by atoms with E-state index in [0.29, 0.717) is 12.5 Å².